The Bertz CT molecular complexity index is 1260. The third-order valence-electron chi connectivity index (χ3n) is 7.71. The van der Waals surface area contributed by atoms with Crippen molar-refractivity contribution >= 4 is 35.2 Å². The zero-order valence-electron chi connectivity index (χ0n) is 23.3. The Kier molecular flexibility index (Phi) is 10.1. The lowest BCUT2D eigenvalue weighted by molar-refractivity contribution is -0.132. The number of aromatic carboxylic acids is 1. The van der Waals surface area contributed by atoms with E-state index in [0.717, 1.165) is 31.4 Å². The Morgan fingerprint density at radius 1 is 0.927 bits per heavy atom. The first kappa shape index (κ1) is 29.7. The molecule has 0 bridgehead atoms. The van der Waals surface area contributed by atoms with E-state index < -0.39 is 5.97 Å². The van der Waals surface area contributed by atoms with Gasteiger partial charge in [0.2, 0.25) is 11.8 Å². The number of anilines is 2. The van der Waals surface area contributed by atoms with Crippen LogP contribution >= 0.6 is 0 Å². The van der Waals surface area contributed by atoms with Crippen molar-refractivity contribution in [2.45, 2.75) is 38.0 Å². The molecule has 11 nitrogen and oxygen atoms in total. The van der Waals surface area contributed by atoms with Crippen molar-refractivity contribution in [3.63, 3.8) is 0 Å². The van der Waals surface area contributed by atoms with E-state index in [4.69, 9.17) is 5.73 Å². The fraction of sp³-hybridized carbons (Fsp3) is 0.433. The SMILES string of the molecule is C=CC(=O)N1CCC(c2ccc(C(=O)O)c(Nc3ccc(C(=O)N4CCN(C(=O)CCCCN)CC4)cc3)n2)CC1. The zero-order chi connectivity index (χ0) is 29.4. The van der Waals surface area contributed by atoms with Crippen LogP contribution in [0.4, 0.5) is 11.5 Å². The van der Waals surface area contributed by atoms with E-state index in [2.05, 4.69) is 16.9 Å². The molecule has 2 saturated heterocycles. The van der Waals surface area contributed by atoms with Gasteiger partial charge in [-0.15, -0.1) is 0 Å². The summed E-state index contributed by atoms with van der Waals surface area (Å²) in [5, 5.41) is 12.8. The lowest BCUT2D eigenvalue weighted by Crippen LogP contribution is -2.50. The van der Waals surface area contributed by atoms with Gasteiger partial charge in [0, 0.05) is 68.6 Å². The van der Waals surface area contributed by atoms with Gasteiger partial charge in [0.05, 0.1) is 0 Å². The van der Waals surface area contributed by atoms with Crippen LogP contribution in [-0.4, -0.2) is 94.3 Å². The Labute approximate surface area is 240 Å². The molecule has 0 atom stereocenters. The van der Waals surface area contributed by atoms with Gasteiger partial charge in [-0.25, -0.2) is 9.78 Å². The van der Waals surface area contributed by atoms with E-state index in [-0.39, 0.29) is 35.0 Å². The van der Waals surface area contributed by atoms with Gasteiger partial charge in [-0.3, -0.25) is 14.4 Å². The number of piperazine rings is 1. The topological polar surface area (TPSA) is 149 Å². The van der Waals surface area contributed by atoms with E-state index in [9.17, 15) is 24.3 Å². The van der Waals surface area contributed by atoms with Crippen molar-refractivity contribution < 1.29 is 24.3 Å². The maximum absolute atomic E-state index is 13.1. The van der Waals surface area contributed by atoms with Crippen molar-refractivity contribution in [3.05, 3.63) is 65.9 Å². The van der Waals surface area contributed by atoms with E-state index in [0.29, 0.717) is 63.5 Å². The molecule has 41 heavy (non-hydrogen) atoms. The second-order valence-electron chi connectivity index (χ2n) is 10.4. The first-order valence-corrected chi connectivity index (χ1v) is 14.1. The number of pyridine rings is 1. The number of amides is 3. The number of carbonyl (C=O) groups is 4. The fourth-order valence-corrected chi connectivity index (χ4v) is 5.25. The predicted molar refractivity (Wildman–Crippen MR) is 155 cm³/mol. The molecule has 0 radical (unpaired) electrons. The molecule has 3 heterocycles. The maximum Gasteiger partial charge on any atom is 0.339 e. The quantitative estimate of drug-likeness (QED) is 0.296. The molecular weight excluding hydrogens is 524 g/mol. The number of benzene rings is 1. The van der Waals surface area contributed by atoms with Gasteiger partial charge in [0.1, 0.15) is 11.4 Å². The van der Waals surface area contributed by atoms with Crippen LogP contribution < -0.4 is 11.1 Å². The van der Waals surface area contributed by atoms with Crippen LogP contribution in [0, 0.1) is 0 Å². The van der Waals surface area contributed by atoms with Crippen LogP contribution in [0.25, 0.3) is 0 Å². The molecule has 4 rings (SSSR count). The average Bonchev–Trinajstić information content (AvgIpc) is 3.00. The summed E-state index contributed by atoms with van der Waals surface area (Å²) in [6, 6.07) is 10.1. The zero-order valence-corrected chi connectivity index (χ0v) is 23.3. The molecule has 218 valence electrons. The average molecular weight is 563 g/mol. The van der Waals surface area contributed by atoms with Crippen LogP contribution in [0.3, 0.4) is 0 Å². The van der Waals surface area contributed by atoms with Crippen molar-refractivity contribution in [1.82, 2.24) is 19.7 Å². The second-order valence-corrected chi connectivity index (χ2v) is 10.4. The van der Waals surface area contributed by atoms with Gasteiger partial charge in [-0.2, -0.15) is 0 Å². The number of carboxylic acids is 1. The molecule has 0 spiro atoms. The fourth-order valence-electron chi connectivity index (χ4n) is 5.25. The van der Waals surface area contributed by atoms with Crippen LogP contribution in [0.1, 0.15) is 64.4 Å². The summed E-state index contributed by atoms with van der Waals surface area (Å²) in [4.78, 5) is 59.2. The molecule has 2 aliphatic rings. The van der Waals surface area contributed by atoms with Crippen molar-refractivity contribution in [2.24, 2.45) is 5.73 Å². The van der Waals surface area contributed by atoms with Gasteiger partial charge in [0.25, 0.3) is 5.91 Å². The number of aromatic nitrogens is 1. The van der Waals surface area contributed by atoms with E-state index in [1.807, 2.05) is 0 Å². The van der Waals surface area contributed by atoms with E-state index in [1.165, 1.54) is 6.08 Å². The van der Waals surface area contributed by atoms with Crippen molar-refractivity contribution in [1.29, 1.82) is 0 Å². The molecule has 3 amide bonds. The smallest absolute Gasteiger partial charge is 0.339 e. The summed E-state index contributed by atoms with van der Waals surface area (Å²) >= 11 is 0. The van der Waals surface area contributed by atoms with Gasteiger partial charge >= 0.3 is 5.97 Å². The lowest BCUT2D eigenvalue weighted by Gasteiger charge is -2.35. The molecule has 2 fully saturated rings. The van der Waals surface area contributed by atoms with Crippen molar-refractivity contribution in [2.75, 3.05) is 51.1 Å². The van der Waals surface area contributed by atoms with Crippen LogP contribution in [0.2, 0.25) is 0 Å². The summed E-state index contributed by atoms with van der Waals surface area (Å²) in [5.74, 6) is -0.859. The Morgan fingerprint density at radius 3 is 2.20 bits per heavy atom. The van der Waals surface area contributed by atoms with Gasteiger partial charge < -0.3 is 30.9 Å². The monoisotopic (exact) mass is 562 g/mol. The lowest BCUT2D eigenvalue weighted by atomic mass is 9.92. The minimum atomic E-state index is -1.10. The number of nitrogens with zero attached hydrogens (tertiary/aromatic N) is 4. The number of hydrogen-bond acceptors (Lipinski definition) is 7. The molecule has 4 N–H and O–H groups in total. The number of nitrogens with two attached hydrogens (primary N) is 1. The van der Waals surface area contributed by atoms with Gasteiger partial charge in [0.15, 0.2) is 0 Å². The number of piperidine rings is 1. The molecular formula is C30H38N6O5. The van der Waals surface area contributed by atoms with E-state index >= 15 is 0 Å². The third-order valence-corrected chi connectivity index (χ3v) is 7.71. The highest BCUT2D eigenvalue weighted by Crippen LogP contribution is 2.30. The van der Waals surface area contributed by atoms with Crippen LogP contribution in [-0.2, 0) is 9.59 Å². The molecule has 11 heteroatoms. The molecule has 1 aromatic carbocycles. The number of hydrogen-bond donors (Lipinski definition) is 3. The van der Waals surface area contributed by atoms with Gasteiger partial charge in [-0.05, 0) is 74.7 Å². The highest BCUT2D eigenvalue weighted by atomic mass is 16.4. The molecule has 2 aliphatic heterocycles. The van der Waals surface area contributed by atoms with Crippen molar-refractivity contribution in [3.8, 4) is 0 Å². The predicted octanol–water partition coefficient (Wildman–Crippen LogP) is 2.83. The number of rotatable bonds is 10. The van der Waals surface area contributed by atoms with Crippen LogP contribution in [0.5, 0.6) is 0 Å². The Morgan fingerprint density at radius 2 is 1.59 bits per heavy atom. The summed E-state index contributed by atoms with van der Waals surface area (Å²) in [6.45, 7) is 7.27. The number of unbranched alkanes of at least 4 members (excludes halogenated alkanes) is 1. The Hall–Kier alpha value is -4.25. The first-order chi connectivity index (χ1) is 19.8. The standard InChI is InChI=1S/C30H38N6O5/c1-2-26(37)34-15-12-21(13-16-34)25-11-10-24(30(40)41)28(33-25)32-23-8-6-22(7-9-23)29(39)36-19-17-35(18-20-36)27(38)5-3-4-14-31/h2,6-11,21H,1,3-5,12-20,31H2,(H,32,33)(H,40,41). The summed E-state index contributed by atoms with van der Waals surface area (Å²) in [6.07, 6.45) is 4.86. The minimum absolute atomic E-state index is 0.0450. The summed E-state index contributed by atoms with van der Waals surface area (Å²) in [5.41, 5.74) is 7.44. The molecule has 0 saturated carbocycles. The number of nitrogens with one attached hydrogen (secondary N) is 1. The summed E-state index contributed by atoms with van der Waals surface area (Å²) in [7, 11) is 0. The number of likely N-dealkylation sites (tertiary alicyclic amines) is 1. The molecule has 0 aliphatic carbocycles. The number of carboxylic acid groups (broad SMARTS) is 1. The molecule has 0 unspecified atom stereocenters. The third kappa shape index (κ3) is 7.49. The summed E-state index contributed by atoms with van der Waals surface area (Å²) < 4.78 is 0. The highest BCUT2D eigenvalue weighted by Gasteiger charge is 2.26. The Balaban J connectivity index is 1.37. The van der Waals surface area contributed by atoms with Gasteiger partial charge in [-0.1, -0.05) is 6.58 Å². The normalized spacial score (nSPS) is 15.9. The maximum atomic E-state index is 13.1. The largest absolute Gasteiger partial charge is 0.478 e. The molecule has 2 aromatic rings. The first-order valence-electron chi connectivity index (χ1n) is 14.1. The number of carbonyl (C=O) groups excluding carboxylic acids is 3. The molecule has 1 aromatic heterocycles. The highest BCUT2D eigenvalue weighted by molar-refractivity contribution is 5.96. The van der Waals surface area contributed by atoms with E-state index in [1.54, 1.807) is 51.1 Å². The minimum Gasteiger partial charge on any atom is -0.478 e. The van der Waals surface area contributed by atoms with Crippen LogP contribution in [0.15, 0.2) is 49.1 Å². The second kappa shape index (κ2) is 13.9.